The third-order valence-electron chi connectivity index (χ3n) is 1.33. The molecular formula is C9H11N3S. The van der Waals surface area contributed by atoms with Crippen molar-refractivity contribution in [2.45, 2.75) is 18.4 Å². The van der Waals surface area contributed by atoms with E-state index in [0.29, 0.717) is 5.82 Å². The molecule has 1 aromatic rings. The molecule has 68 valence electrons. The van der Waals surface area contributed by atoms with Crippen LogP contribution in [0.2, 0.25) is 0 Å². The smallest absolute Gasteiger partial charge is 0.156 e. The first-order chi connectivity index (χ1) is 6.34. The maximum Gasteiger partial charge on any atom is 0.156 e. The van der Waals surface area contributed by atoms with Gasteiger partial charge >= 0.3 is 0 Å². The number of thioether (sulfide) groups is 1. The fraction of sp³-hybridized carbons (Fsp3) is 0.333. The van der Waals surface area contributed by atoms with Crippen LogP contribution in [0.25, 0.3) is 0 Å². The molecular weight excluding hydrogens is 182 g/mol. The van der Waals surface area contributed by atoms with Crippen LogP contribution in [-0.4, -0.2) is 15.7 Å². The Morgan fingerprint density at radius 2 is 2.23 bits per heavy atom. The summed E-state index contributed by atoms with van der Waals surface area (Å²) in [6.45, 7) is 1.83. The molecule has 0 saturated heterocycles. The van der Waals surface area contributed by atoms with E-state index in [-0.39, 0.29) is 0 Å². The predicted molar refractivity (Wildman–Crippen MR) is 55.2 cm³/mol. The van der Waals surface area contributed by atoms with Gasteiger partial charge in [-0.25, -0.2) is 9.97 Å². The van der Waals surface area contributed by atoms with Crippen LogP contribution in [0.1, 0.15) is 13.3 Å². The van der Waals surface area contributed by atoms with Crippen LogP contribution in [0.15, 0.2) is 17.4 Å². The third-order valence-corrected chi connectivity index (χ3v) is 2.33. The van der Waals surface area contributed by atoms with E-state index in [0.717, 1.165) is 17.2 Å². The zero-order chi connectivity index (χ0) is 9.52. The number of hydrogen-bond acceptors (Lipinski definition) is 4. The molecule has 1 heterocycles. The van der Waals surface area contributed by atoms with Crippen molar-refractivity contribution in [2.24, 2.45) is 0 Å². The van der Waals surface area contributed by atoms with Crippen molar-refractivity contribution in [3.05, 3.63) is 12.4 Å². The minimum Gasteiger partial charge on any atom is -0.381 e. The van der Waals surface area contributed by atoms with Crippen LogP contribution >= 0.6 is 11.8 Å². The highest BCUT2D eigenvalue weighted by molar-refractivity contribution is 7.99. The average molecular weight is 193 g/mol. The molecule has 0 fully saturated rings. The van der Waals surface area contributed by atoms with Gasteiger partial charge in [0.25, 0.3) is 0 Å². The zero-order valence-electron chi connectivity index (χ0n) is 7.45. The van der Waals surface area contributed by atoms with Gasteiger partial charge in [0.15, 0.2) is 5.82 Å². The lowest BCUT2D eigenvalue weighted by molar-refractivity contribution is 1.07. The summed E-state index contributed by atoms with van der Waals surface area (Å²) < 4.78 is 0. The highest BCUT2D eigenvalue weighted by Gasteiger charge is 1.99. The van der Waals surface area contributed by atoms with Gasteiger partial charge in [0.2, 0.25) is 0 Å². The number of rotatable bonds is 3. The van der Waals surface area contributed by atoms with Gasteiger partial charge in [-0.3, -0.25) is 0 Å². The first-order valence-corrected chi connectivity index (χ1v) is 4.92. The quantitative estimate of drug-likeness (QED) is 0.449. The molecule has 0 aliphatic heterocycles. The van der Waals surface area contributed by atoms with Crippen LogP contribution in [-0.2, 0) is 0 Å². The average Bonchev–Trinajstić information content (AvgIpc) is 2.15. The minimum absolute atomic E-state index is 0.497. The number of aromatic nitrogens is 2. The molecule has 0 atom stereocenters. The normalized spacial score (nSPS) is 9.00. The Bertz CT molecular complexity index is 327. The molecule has 0 aromatic carbocycles. The Kier molecular flexibility index (Phi) is 4.13. The molecule has 1 rings (SSSR count). The number of nitrogen functional groups attached to an aromatic ring is 1. The van der Waals surface area contributed by atoms with Gasteiger partial charge in [0.05, 0.1) is 0 Å². The Morgan fingerprint density at radius 1 is 1.46 bits per heavy atom. The second-order valence-electron chi connectivity index (χ2n) is 2.27. The van der Waals surface area contributed by atoms with Crippen LogP contribution in [0, 0.1) is 11.8 Å². The molecule has 0 amide bonds. The summed E-state index contributed by atoms with van der Waals surface area (Å²) in [6, 6.07) is 0. The van der Waals surface area contributed by atoms with Gasteiger partial charge in [0, 0.05) is 24.6 Å². The lowest BCUT2D eigenvalue weighted by Crippen LogP contribution is -1.94. The maximum atomic E-state index is 5.60. The number of nitrogens with zero attached hydrogens (tertiary/aromatic N) is 2. The van der Waals surface area contributed by atoms with Crippen LogP contribution in [0.5, 0.6) is 0 Å². The van der Waals surface area contributed by atoms with Gasteiger partial charge in [-0.1, -0.05) is 0 Å². The molecule has 1 aromatic heterocycles. The number of anilines is 1. The Hall–Kier alpha value is -1.21. The fourth-order valence-electron chi connectivity index (χ4n) is 0.771. The summed E-state index contributed by atoms with van der Waals surface area (Å²) >= 11 is 1.59. The van der Waals surface area contributed by atoms with Crippen molar-refractivity contribution in [2.75, 3.05) is 11.5 Å². The summed E-state index contributed by atoms with van der Waals surface area (Å²) in [4.78, 5) is 8.04. The standard InChI is InChI=1S/C9H11N3S/c1-2-3-4-7-13-9-8(10)11-5-6-12-9/h5-6H,4,7H2,1H3,(H2,10,11). The molecule has 0 aliphatic carbocycles. The van der Waals surface area contributed by atoms with E-state index in [4.69, 9.17) is 5.73 Å². The van der Waals surface area contributed by atoms with Crippen LogP contribution < -0.4 is 5.73 Å². The van der Waals surface area contributed by atoms with Crippen molar-refractivity contribution >= 4 is 17.6 Å². The summed E-state index contributed by atoms with van der Waals surface area (Å²) in [7, 11) is 0. The monoisotopic (exact) mass is 193 g/mol. The molecule has 0 bridgehead atoms. The largest absolute Gasteiger partial charge is 0.381 e. The second-order valence-corrected chi connectivity index (χ2v) is 3.36. The Labute approximate surface area is 82.2 Å². The molecule has 0 saturated carbocycles. The maximum absolute atomic E-state index is 5.60. The predicted octanol–water partition coefficient (Wildman–Crippen LogP) is 1.56. The Balaban J connectivity index is 2.44. The van der Waals surface area contributed by atoms with E-state index in [9.17, 15) is 0 Å². The number of hydrogen-bond donors (Lipinski definition) is 1. The summed E-state index contributed by atoms with van der Waals surface area (Å²) in [5.74, 6) is 7.22. The molecule has 0 aliphatic rings. The highest BCUT2D eigenvalue weighted by atomic mass is 32.2. The molecule has 13 heavy (non-hydrogen) atoms. The first-order valence-electron chi connectivity index (χ1n) is 3.93. The van der Waals surface area contributed by atoms with Gasteiger partial charge in [-0.2, -0.15) is 0 Å². The van der Waals surface area contributed by atoms with Crippen LogP contribution in [0.3, 0.4) is 0 Å². The van der Waals surface area contributed by atoms with Gasteiger partial charge in [-0.15, -0.1) is 23.6 Å². The number of nitrogens with two attached hydrogens (primary N) is 1. The van der Waals surface area contributed by atoms with E-state index in [2.05, 4.69) is 21.8 Å². The molecule has 0 radical (unpaired) electrons. The summed E-state index contributed by atoms with van der Waals surface area (Å²) in [5, 5.41) is 0.792. The molecule has 0 spiro atoms. The van der Waals surface area contributed by atoms with Crippen LogP contribution in [0.4, 0.5) is 5.82 Å². The Morgan fingerprint density at radius 3 is 2.92 bits per heavy atom. The zero-order valence-corrected chi connectivity index (χ0v) is 8.27. The van der Waals surface area contributed by atoms with Crippen molar-refractivity contribution < 1.29 is 0 Å². The lowest BCUT2D eigenvalue weighted by Gasteiger charge is -1.99. The highest BCUT2D eigenvalue weighted by Crippen LogP contribution is 2.19. The van der Waals surface area contributed by atoms with Crippen molar-refractivity contribution in [1.29, 1.82) is 0 Å². The van der Waals surface area contributed by atoms with Gasteiger partial charge in [-0.05, 0) is 6.92 Å². The molecule has 0 unspecified atom stereocenters. The third kappa shape index (κ3) is 3.34. The fourth-order valence-corrected chi connectivity index (χ4v) is 1.50. The second kappa shape index (κ2) is 5.44. The summed E-state index contributed by atoms with van der Waals surface area (Å²) in [5.41, 5.74) is 5.60. The van der Waals surface area contributed by atoms with Crippen molar-refractivity contribution in [3.8, 4) is 11.8 Å². The molecule has 3 nitrogen and oxygen atoms in total. The van der Waals surface area contributed by atoms with E-state index >= 15 is 0 Å². The van der Waals surface area contributed by atoms with E-state index in [1.165, 1.54) is 0 Å². The van der Waals surface area contributed by atoms with E-state index in [1.54, 1.807) is 24.2 Å². The molecule has 4 heteroatoms. The minimum atomic E-state index is 0.497. The van der Waals surface area contributed by atoms with Crippen molar-refractivity contribution in [1.82, 2.24) is 9.97 Å². The van der Waals surface area contributed by atoms with Gasteiger partial charge < -0.3 is 5.73 Å². The van der Waals surface area contributed by atoms with Crippen molar-refractivity contribution in [3.63, 3.8) is 0 Å². The SMILES string of the molecule is CC#CCCSc1nccnc1N. The van der Waals surface area contributed by atoms with E-state index in [1.807, 2.05) is 6.92 Å². The van der Waals surface area contributed by atoms with Gasteiger partial charge in [0.1, 0.15) is 5.03 Å². The topological polar surface area (TPSA) is 51.8 Å². The summed E-state index contributed by atoms with van der Waals surface area (Å²) in [6.07, 6.45) is 4.09. The molecule has 2 N–H and O–H groups in total. The first kappa shape index (κ1) is 9.87. The lowest BCUT2D eigenvalue weighted by atomic mass is 10.5. The van der Waals surface area contributed by atoms with E-state index < -0.39 is 0 Å².